The van der Waals surface area contributed by atoms with Crippen LogP contribution in [0.4, 0.5) is 0 Å². The molecule has 0 saturated carbocycles. The highest BCUT2D eigenvalue weighted by Gasteiger charge is 2.05. The number of carbonyl (C=O) groups is 1. The summed E-state index contributed by atoms with van der Waals surface area (Å²) in [5, 5.41) is 0. The Morgan fingerprint density at radius 2 is 1.62 bits per heavy atom. The molecule has 2 aromatic rings. The van der Waals surface area contributed by atoms with Crippen molar-refractivity contribution in [3.8, 4) is 5.75 Å². The predicted octanol–water partition coefficient (Wildman–Crippen LogP) is 3.58. The Balaban J connectivity index is 2.03. The van der Waals surface area contributed by atoms with Crippen molar-refractivity contribution in [1.29, 1.82) is 0 Å². The lowest BCUT2D eigenvalue weighted by molar-refractivity contribution is 0.0600. The fourth-order valence-electron chi connectivity index (χ4n) is 2.30. The molecule has 0 amide bonds. The van der Waals surface area contributed by atoms with E-state index in [9.17, 15) is 4.79 Å². The first-order valence-electron chi connectivity index (χ1n) is 6.94. The van der Waals surface area contributed by atoms with Crippen LogP contribution in [-0.2, 0) is 17.6 Å². The quantitative estimate of drug-likeness (QED) is 0.787. The molecule has 0 spiro atoms. The van der Waals surface area contributed by atoms with Crippen LogP contribution in [0.15, 0.2) is 42.5 Å². The molecule has 0 aromatic heterocycles. The molecule has 21 heavy (non-hydrogen) atoms. The number of hydrogen-bond donors (Lipinski definition) is 0. The van der Waals surface area contributed by atoms with Crippen molar-refractivity contribution in [2.24, 2.45) is 0 Å². The van der Waals surface area contributed by atoms with Gasteiger partial charge in [0.1, 0.15) is 5.75 Å². The van der Waals surface area contributed by atoms with Crippen LogP contribution in [0.1, 0.15) is 27.0 Å². The molecule has 0 fully saturated rings. The second-order valence-electron chi connectivity index (χ2n) is 5.05. The highest BCUT2D eigenvalue weighted by molar-refractivity contribution is 5.89. The zero-order chi connectivity index (χ0) is 15.2. The fraction of sp³-hybridized carbons (Fsp3) is 0.278. The van der Waals surface area contributed by atoms with Crippen molar-refractivity contribution in [3.63, 3.8) is 0 Å². The van der Waals surface area contributed by atoms with Gasteiger partial charge < -0.3 is 9.47 Å². The molecular formula is C18H20O3. The van der Waals surface area contributed by atoms with Gasteiger partial charge in [0, 0.05) is 0 Å². The smallest absolute Gasteiger partial charge is 0.337 e. The molecule has 2 aromatic carbocycles. The average Bonchev–Trinajstić information content (AvgIpc) is 2.52. The Bertz CT molecular complexity index is 615. The monoisotopic (exact) mass is 284 g/mol. The maximum absolute atomic E-state index is 11.4. The lowest BCUT2D eigenvalue weighted by Gasteiger charge is -2.07. The number of hydrogen-bond acceptors (Lipinski definition) is 3. The SMILES string of the molecule is COC(=O)c1ccc(CCc2cc(C)cc(OC)c2)cc1. The van der Waals surface area contributed by atoms with E-state index in [0.29, 0.717) is 5.56 Å². The summed E-state index contributed by atoms with van der Waals surface area (Å²) in [6, 6.07) is 13.8. The molecule has 0 unspecified atom stereocenters. The maximum Gasteiger partial charge on any atom is 0.337 e. The molecule has 0 radical (unpaired) electrons. The Kier molecular flexibility index (Phi) is 4.99. The average molecular weight is 284 g/mol. The van der Waals surface area contributed by atoms with Crippen LogP contribution >= 0.6 is 0 Å². The summed E-state index contributed by atoms with van der Waals surface area (Å²) in [5.41, 5.74) is 4.23. The first-order valence-corrected chi connectivity index (χ1v) is 6.94. The fourth-order valence-corrected chi connectivity index (χ4v) is 2.30. The summed E-state index contributed by atoms with van der Waals surface area (Å²) in [7, 11) is 3.07. The van der Waals surface area contributed by atoms with Crippen molar-refractivity contribution in [3.05, 3.63) is 64.7 Å². The Labute approximate surface area is 125 Å². The van der Waals surface area contributed by atoms with Gasteiger partial charge in [0.05, 0.1) is 19.8 Å². The van der Waals surface area contributed by atoms with Gasteiger partial charge in [-0.1, -0.05) is 18.2 Å². The third-order valence-electron chi connectivity index (χ3n) is 3.42. The molecule has 0 aliphatic carbocycles. The highest BCUT2D eigenvalue weighted by atomic mass is 16.5. The van der Waals surface area contributed by atoms with E-state index < -0.39 is 0 Å². The molecular weight excluding hydrogens is 264 g/mol. The topological polar surface area (TPSA) is 35.5 Å². The minimum absolute atomic E-state index is 0.301. The summed E-state index contributed by atoms with van der Waals surface area (Å²) in [6.07, 6.45) is 1.86. The standard InChI is InChI=1S/C18H20O3/c1-13-10-15(12-17(11-13)20-2)5-4-14-6-8-16(9-7-14)18(19)21-3/h6-12H,4-5H2,1-3H3. The highest BCUT2D eigenvalue weighted by Crippen LogP contribution is 2.18. The van der Waals surface area contributed by atoms with Gasteiger partial charge in [0.25, 0.3) is 0 Å². The van der Waals surface area contributed by atoms with Gasteiger partial charge in [-0.05, 0) is 60.7 Å². The molecule has 110 valence electrons. The Morgan fingerprint density at radius 3 is 2.24 bits per heavy atom. The number of rotatable bonds is 5. The van der Waals surface area contributed by atoms with Gasteiger partial charge in [-0.2, -0.15) is 0 Å². The van der Waals surface area contributed by atoms with Crippen LogP contribution in [0.2, 0.25) is 0 Å². The van der Waals surface area contributed by atoms with Gasteiger partial charge in [-0.25, -0.2) is 4.79 Å². The molecule has 3 nitrogen and oxygen atoms in total. The predicted molar refractivity (Wildman–Crippen MR) is 82.9 cm³/mol. The second kappa shape index (κ2) is 6.93. The molecule has 0 atom stereocenters. The van der Waals surface area contributed by atoms with Gasteiger partial charge in [-0.15, -0.1) is 0 Å². The first kappa shape index (κ1) is 15.1. The third-order valence-corrected chi connectivity index (χ3v) is 3.42. The van der Waals surface area contributed by atoms with Crippen LogP contribution in [-0.4, -0.2) is 20.2 Å². The second-order valence-corrected chi connectivity index (χ2v) is 5.05. The van der Waals surface area contributed by atoms with Crippen LogP contribution in [0.5, 0.6) is 5.75 Å². The van der Waals surface area contributed by atoms with Gasteiger partial charge in [0.15, 0.2) is 0 Å². The Morgan fingerprint density at radius 1 is 0.952 bits per heavy atom. The molecule has 0 aliphatic heterocycles. The zero-order valence-corrected chi connectivity index (χ0v) is 12.7. The molecule has 0 heterocycles. The van der Waals surface area contributed by atoms with E-state index in [0.717, 1.165) is 18.6 Å². The van der Waals surface area contributed by atoms with Gasteiger partial charge >= 0.3 is 5.97 Å². The van der Waals surface area contributed by atoms with Crippen LogP contribution in [0, 0.1) is 6.92 Å². The van der Waals surface area contributed by atoms with Crippen molar-refractivity contribution < 1.29 is 14.3 Å². The van der Waals surface area contributed by atoms with Crippen molar-refractivity contribution in [1.82, 2.24) is 0 Å². The molecule has 3 heteroatoms. The number of benzene rings is 2. The summed E-state index contributed by atoms with van der Waals surface area (Å²) < 4.78 is 9.98. The van der Waals surface area contributed by atoms with Crippen molar-refractivity contribution >= 4 is 5.97 Å². The number of aryl methyl sites for hydroxylation is 3. The van der Waals surface area contributed by atoms with Crippen LogP contribution in [0.25, 0.3) is 0 Å². The minimum atomic E-state index is -0.301. The molecule has 0 N–H and O–H groups in total. The van der Waals surface area contributed by atoms with Gasteiger partial charge in [0.2, 0.25) is 0 Å². The van der Waals surface area contributed by atoms with E-state index >= 15 is 0 Å². The molecule has 0 bridgehead atoms. The normalized spacial score (nSPS) is 10.2. The largest absolute Gasteiger partial charge is 0.497 e. The van der Waals surface area contributed by atoms with E-state index in [1.807, 2.05) is 18.2 Å². The number of esters is 1. The van der Waals surface area contributed by atoms with E-state index in [1.165, 1.54) is 23.8 Å². The first-order chi connectivity index (χ1) is 10.1. The molecule has 0 saturated heterocycles. The number of ether oxygens (including phenoxy) is 2. The maximum atomic E-state index is 11.4. The van der Waals surface area contributed by atoms with Crippen LogP contribution in [0.3, 0.4) is 0 Å². The van der Waals surface area contributed by atoms with E-state index in [2.05, 4.69) is 19.1 Å². The number of carbonyl (C=O) groups excluding carboxylic acids is 1. The summed E-state index contributed by atoms with van der Waals surface area (Å²) in [6.45, 7) is 2.07. The Hall–Kier alpha value is -2.29. The lowest BCUT2D eigenvalue weighted by atomic mass is 10.0. The molecule has 0 aliphatic rings. The minimum Gasteiger partial charge on any atom is -0.497 e. The third kappa shape index (κ3) is 4.09. The molecule has 2 rings (SSSR count). The van der Waals surface area contributed by atoms with E-state index in [-0.39, 0.29) is 5.97 Å². The van der Waals surface area contributed by atoms with E-state index in [1.54, 1.807) is 19.2 Å². The summed E-state index contributed by atoms with van der Waals surface area (Å²) in [5.74, 6) is 0.594. The zero-order valence-electron chi connectivity index (χ0n) is 12.7. The van der Waals surface area contributed by atoms with E-state index in [4.69, 9.17) is 9.47 Å². The van der Waals surface area contributed by atoms with Gasteiger partial charge in [-0.3, -0.25) is 0 Å². The van der Waals surface area contributed by atoms with Crippen molar-refractivity contribution in [2.45, 2.75) is 19.8 Å². The number of methoxy groups -OCH3 is 2. The summed E-state index contributed by atoms with van der Waals surface area (Å²) in [4.78, 5) is 11.4. The lowest BCUT2D eigenvalue weighted by Crippen LogP contribution is -2.01. The van der Waals surface area contributed by atoms with Crippen molar-refractivity contribution in [2.75, 3.05) is 14.2 Å². The summed E-state index contributed by atoms with van der Waals surface area (Å²) >= 11 is 0. The van der Waals surface area contributed by atoms with Crippen LogP contribution < -0.4 is 4.74 Å².